The van der Waals surface area contributed by atoms with Gasteiger partial charge in [0.2, 0.25) is 0 Å². The van der Waals surface area contributed by atoms with Crippen LogP contribution in [-0.4, -0.2) is 40.3 Å². The topological polar surface area (TPSA) is 66.3 Å². The van der Waals surface area contributed by atoms with Gasteiger partial charge < -0.3 is 10.0 Å². The molecule has 0 saturated heterocycles. The molecule has 0 aliphatic rings. The van der Waals surface area contributed by atoms with Crippen LogP contribution in [0.5, 0.6) is 0 Å². The fourth-order valence-electron chi connectivity index (χ4n) is 1.18. The minimum Gasteiger partial charge on any atom is -0.476 e. The summed E-state index contributed by atoms with van der Waals surface area (Å²) in [4.78, 5) is 18.7. The third-order valence-corrected chi connectivity index (χ3v) is 1.92. The molecular weight excluding hydrogens is 239 g/mol. The standard InChI is InChI=1S/C9H10F3N3O2/c1-2-15(5-9(10,11)12)7-4-13-3-6(14-7)8(16)17/h3-4H,2,5H2,1H3,(H,16,17). The smallest absolute Gasteiger partial charge is 0.405 e. The Morgan fingerprint density at radius 2 is 2.12 bits per heavy atom. The third kappa shape index (κ3) is 3.89. The van der Waals surface area contributed by atoms with Gasteiger partial charge in [-0.15, -0.1) is 0 Å². The molecule has 0 saturated carbocycles. The van der Waals surface area contributed by atoms with Crippen LogP contribution >= 0.6 is 0 Å². The first-order chi connectivity index (χ1) is 7.83. The van der Waals surface area contributed by atoms with Gasteiger partial charge in [-0.05, 0) is 6.92 Å². The molecule has 17 heavy (non-hydrogen) atoms. The van der Waals surface area contributed by atoms with E-state index in [1.807, 2.05) is 0 Å². The molecule has 0 fully saturated rings. The molecule has 0 spiro atoms. The number of carboxylic acids is 1. The normalized spacial score (nSPS) is 11.3. The van der Waals surface area contributed by atoms with Crippen LogP contribution < -0.4 is 4.90 Å². The fraction of sp³-hybridized carbons (Fsp3) is 0.444. The van der Waals surface area contributed by atoms with Gasteiger partial charge in [-0.2, -0.15) is 13.2 Å². The number of halogens is 3. The second kappa shape index (κ2) is 4.98. The molecule has 0 aliphatic heterocycles. The van der Waals surface area contributed by atoms with Gasteiger partial charge >= 0.3 is 12.1 Å². The summed E-state index contributed by atoms with van der Waals surface area (Å²) in [6.45, 7) is 0.374. The zero-order valence-corrected chi connectivity index (χ0v) is 8.90. The highest BCUT2D eigenvalue weighted by Gasteiger charge is 2.31. The Morgan fingerprint density at radius 3 is 2.59 bits per heavy atom. The summed E-state index contributed by atoms with van der Waals surface area (Å²) in [6.07, 6.45) is -2.30. The summed E-state index contributed by atoms with van der Waals surface area (Å²) in [5.74, 6) is -1.44. The molecular formula is C9H10F3N3O2. The molecule has 0 aromatic carbocycles. The molecule has 1 aromatic heterocycles. The van der Waals surface area contributed by atoms with Crippen LogP contribution in [0.1, 0.15) is 17.4 Å². The number of hydrogen-bond donors (Lipinski definition) is 1. The van der Waals surface area contributed by atoms with Crippen LogP contribution in [0.25, 0.3) is 0 Å². The highest BCUT2D eigenvalue weighted by Crippen LogP contribution is 2.20. The molecule has 1 N–H and O–H groups in total. The number of rotatable bonds is 4. The zero-order chi connectivity index (χ0) is 13.1. The van der Waals surface area contributed by atoms with Gasteiger partial charge in [0.05, 0.1) is 12.4 Å². The minimum atomic E-state index is -4.38. The van der Waals surface area contributed by atoms with E-state index in [2.05, 4.69) is 9.97 Å². The van der Waals surface area contributed by atoms with E-state index in [4.69, 9.17) is 5.11 Å². The van der Waals surface area contributed by atoms with Crippen molar-refractivity contribution >= 4 is 11.8 Å². The average molecular weight is 249 g/mol. The average Bonchev–Trinajstić information content (AvgIpc) is 2.25. The van der Waals surface area contributed by atoms with E-state index in [1.165, 1.54) is 6.92 Å². The van der Waals surface area contributed by atoms with Crippen molar-refractivity contribution in [1.29, 1.82) is 0 Å². The van der Waals surface area contributed by atoms with Gasteiger partial charge in [-0.1, -0.05) is 0 Å². The molecule has 1 heterocycles. The molecule has 0 aliphatic carbocycles. The maximum atomic E-state index is 12.2. The van der Waals surface area contributed by atoms with Gasteiger partial charge in [0.1, 0.15) is 12.4 Å². The number of hydrogen-bond acceptors (Lipinski definition) is 4. The molecule has 94 valence electrons. The van der Waals surface area contributed by atoms with Gasteiger partial charge in [0.15, 0.2) is 5.69 Å². The Balaban J connectivity index is 2.96. The molecule has 8 heteroatoms. The second-order valence-corrected chi connectivity index (χ2v) is 3.20. The number of aromatic carboxylic acids is 1. The molecule has 0 atom stereocenters. The van der Waals surface area contributed by atoms with E-state index in [1.54, 1.807) is 0 Å². The van der Waals surface area contributed by atoms with Crippen molar-refractivity contribution < 1.29 is 23.1 Å². The van der Waals surface area contributed by atoms with Crippen LogP contribution in [0, 0.1) is 0 Å². The molecule has 0 radical (unpaired) electrons. The molecule has 1 aromatic rings. The van der Waals surface area contributed by atoms with E-state index < -0.39 is 18.7 Å². The quantitative estimate of drug-likeness (QED) is 0.877. The van der Waals surface area contributed by atoms with E-state index in [9.17, 15) is 18.0 Å². The number of aromatic nitrogens is 2. The van der Waals surface area contributed by atoms with E-state index in [-0.39, 0.29) is 18.1 Å². The Labute approximate surface area is 94.9 Å². The summed E-state index contributed by atoms with van der Waals surface area (Å²) in [5.41, 5.74) is -0.386. The van der Waals surface area contributed by atoms with Crippen molar-refractivity contribution in [1.82, 2.24) is 9.97 Å². The monoisotopic (exact) mass is 249 g/mol. The van der Waals surface area contributed by atoms with Crippen molar-refractivity contribution in [2.24, 2.45) is 0 Å². The highest BCUT2D eigenvalue weighted by atomic mass is 19.4. The van der Waals surface area contributed by atoms with Crippen LogP contribution in [0.2, 0.25) is 0 Å². The number of carbonyl (C=O) groups is 1. The maximum Gasteiger partial charge on any atom is 0.405 e. The summed E-state index contributed by atoms with van der Waals surface area (Å²) in [7, 11) is 0. The van der Waals surface area contributed by atoms with Gasteiger partial charge in [0, 0.05) is 6.54 Å². The number of anilines is 1. The fourth-order valence-corrected chi connectivity index (χ4v) is 1.18. The molecule has 0 bridgehead atoms. The molecule has 0 amide bonds. The lowest BCUT2D eigenvalue weighted by Gasteiger charge is -2.22. The number of nitrogens with zero attached hydrogens (tertiary/aromatic N) is 3. The SMILES string of the molecule is CCN(CC(F)(F)F)c1cncc(C(=O)O)n1. The van der Waals surface area contributed by atoms with Crippen molar-refractivity contribution in [3.05, 3.63) is 18.1 Å². The Morgan fingerprint density at radius 1 is 1.47 bits per heavy atom. The lowest BCUT2D eigenvalue weighted by molar-refractivity contribution is -0.119. The van der Waals surface area contributed by atoms with Crippen LogP contribution in [0.3, 0.4) is 0 Å². The van der Waals surface area contributed by atoms with Crippen LogP contribution in [-0.2, 0) is 0 Å². The Kier molecular flexibility index (Phi) is 3.87. The zero-order valence-electron chi connectivity index (χ0n) is 8.90. The van der Waals surface area contributed by atoms with Gasteiger partial charge in [0.25, 0.3) is 0 Å². The van der Waals surface area contributed by atoms with E-state index in [0.717, 1.165) is 17.3 Å². The third-order valence-electron chi connectivity index (χ3n) is 1.92. The van der Waals surface area contributed by atoms with Crippen molar-refractivity contribution in [3.63, 3.8) is 0 Å². The first kappa shape index (κ1) is 13.2. The summed E-state index contributed by atoms with van der Waals surface area (Å²) < 4.78 is 36.7. The van der Waals surface area contributed by atoms with Crippen molar-refractivity contribution in [2.75, 3.05) is 18.0 Å². The van der Waals surface area contributed by atoms with Crippen LogP contribution in [0.4, 0.5) is 19.0 Å². The Bertz CT molecular complexity index is 409. The second-order valence-electron chi connectivity index (χ2n) is 3.20. The number of alkyl halides is 3. The van der Waals surface area contributed by atoms with Gasteiger partial charge in [-0.25, -0.2) is 9.78 Å². The lowest BCUT2D eigenvalue weighted by Crippen LogP contribution is -2.35. The van der Waals surface area contributed by atoms with E-state index in [0.29, 0.717) is 0 Å². The van der Waals surface area contributed by atoms with Gasteiger partial charge in [-0.3, -0.25) is 4.98 Å². The summed E-state index contributed by atoms with van der Waals surface area (Å²) in [5, 5.41) is 8.65. The minimum absolute atomic E-state index is 0.0528. The predicted octanol–water partition coefficient (Wildman–Crippen LogP) is 1.56. The van der Waals surface area contributed by atoms with Crippen molar-refractivity contribution in [2.45, 2.75) is 13.1 Å². The maximum absolute atomic E-state index is 12.2. The first-order valence-electron chi connectivity index (χ1n) is 4.70. The molecule has 1 rings (SSSR count). The molecule has 5 nitrogen and oxygen atoms in total. The predicted molar refractivity (Wildman–Crippen MR) is 52.9 cm³/mol. The number of carboxylic acid groups (broad SMARTS) is 1. The van der Waals surface area contributed by atoms with Crippen molar-refractivity contribution in [3.8, 4) is 0 Å². The summed E-state index contributed by atoms with van der Waals surface area (Å²) >= 11 is 0. The largest absolute Gasteiger partial charge is 0.476 e. The van der Waals surface area contributed by atoms with E-state index >= 15 is 0 Å². The highest BCUT2D eigenvalue weighted by molar-refractivity contribution is 5.85. The Hall–Kier alpha value is -1.86. The first-order valence-corrected chi connectivity index (χ1v) is 4.70. The summed E-state index contributed by atoms with van der Waals surface area (Å²) in [6, 6.07) is 0. The molecule has 0 unspecified atom stereocenters. The van der Waals surface area contributed by atoms with Crippen LogP contribution in [0.15, 0.2) is 12.4 Å². The lowest BCUT2D eigenvalue weighted by atomic mass is 10.4.